The Hall–Kier alpha value is -1.09. The predicted octanol–water partition coefficient (Wildman–Crippen LogP) is 5.09. The Bertz CT molecular complexity index is 643. The van der Waals surface area contributed by atoms with Crippen LogP contribution < -0.4 is 9.47 Å². The molecule has 0 N–H and O–H groups in total. The minimum absolute atomic E-state index is 0.392. The fraction of sp³-hybridized carbons (Fsp3) is 0.200. The molecular formula is C15H11Cl3O2. The third-order valence-corrected chi connectivity index (χ3v) is 4.43. The van der Waals surface area contributed by atoms with Gasteiger partial charge in [-0.15, -0.1) is 11.6 Å². The lowest BCUT2D eigenvalue weighted by molar-refractivity contribution is 0.171. The van der Waals surface area contributed by atoms with Crippen LogP contribution in [-0.4, -0.2) is 13.2 Å². The largest absolute Gasteiger partial charge is 0.486 e. The van der Waals surface area contributed by atoms with Gasteiger partial charge in [0.05, 0.1) is 15.4 Å². The van der Waals surface area contributed by atoms with Gasteiger partial charge in [0.1, 0.15) is 13.2 Å². The molecule has 104 valence electrons. The summed E-state index contributed by atoms with van der Waals surface area (Å²) < 4.78 is 11.1. The van der Waals surface area contributed by atoms with Gasteiger partial charge < -0.3 is 9.47 Å². The molecule has 3 rings (SSSR count). The van der Waals surface area contributed by atoms with E-state index in [4.69, 9.17) is 44.3 Å². The van der Waals surface area contributed by atoms with Gasteiger partial charge in [0, 0.05) is 0 Å². The van der Waals surface area contributed by atoms with E-state index >= 15 is 0 Å². The zero-order chi connectivity index (χ0) is 14.1. The molecule has 1 heterocycles. The van der Waals surface area contributed by atoms with Gasteiger partial charge in [-0.05, 0) is 29.3 Å². The van der Waals surface area contributed by atoms with Gasteiger partial charge in [-0.1, -0.05) is 41.4 Å². The molecule has 0 saturated carbocycles. The van der Waals surface area contributed by atoms with Crippen LogP contribution in [0.5, 0.6) is 11.5 Å². The molecule has 0 saturated heterocycles. The summed E-state index contributed by atoms with van der Waals surface area (Å²) in [5.41, 5.74) is 1.66. The van der Waals surface area contributed by atoms with Gasteiger partial charge in [0.25, 0.3) is 0 Å². The first kappa shape index (κ1) is 13.9. The maximum absolute atomic E-state index is 6.51. The average Bonchev–Trinajstić information content (AvgIpc) is 2.49. The Morgan fingerprint density at radius 1 is 0.950 bits per heavy atom. The van der Waals surface area contributed by atoms with Crippen molar-refractivity contribution in [1.82, 2.24) is 0 Å². The number of benzene rings is 2. The van der Waals surface area contributed by atoms with Crippen molar-refractivity contribution in [3.05, 3.63) is 57.6 Å². The Kier molecular flexibility index (Phi) is 3.97. The van der Waals surface area contributed by atoms with Gasteiger partial charge in [-0.2, -0.15) is 0 Å². The summed E-state index contributed by atoms with van der Waals surface area (Å²) >= 11 is 18.7. The van der Waals surface area contributed by atoms with E-state index in [0.29, 0.717) is 29.0 Å². The Morgan fingerprint density at radius 3 is 2.50 bits per heavy atom. The highest BCUT2D eigenvalue weighted by atomic mass is 35.5. The van der Waals surface area contributed by atoms with Crippen LogP contribution in [0.1, 0.15) is 16.5 Å². The summed E-state index contributed by atoms with van der Waals surface area (Å²) in [5.74, 6) is 1.44. The van der Waals surface area contributed by atoms with E-state index in [2.05, 4.69) is 0 Å². The van der Waals surface area contributed by atoms with Crippen molar-refractivity contribution in [3.8, 4) is 11.5 Å². The van der Waals surface area contributed by atoms with Crippen molar-refractivity contribution in [2.45, 2.75) is 5.38 Å². The van der Waals surface area contributed by atoms with Gasteiger partial charge in [-0.3, -0.25) is 0 Å². The average molecular weight is 330 g/mol. The normalized spacial score (nSPS) is 14.9. The quantitative estimate of drug-likeness (QED) is 0.714. The van der Waals surface area contributed by atoms with Crippen LogP contribution in [0.2, 0.25) is 10.0 Å². The van der Waals surface area contributed by atoms with E-state index in [0.717, 1.165) is 16.9 Å². The van der Waals surface area contributed by atoms with Crippen molar-refractivity contribution in [1.29, 1.82) is 0 Å². The van der Waals surface area contributed by atoms with Crippen LogP contribution in [0.25, 0.3) is 0 Å². The Balaban J connectivity index is 1.98. The molecule has 0 aromatic heterocycles. The number of hydrogen-bond donors (Lipinski definition) is 0. The van der Waals surface area contributed by atoms with Crippen molar-refractivity contribution >= 4 is 34.8 Å². The number of fused-ring (bicyclic) bond motifs is 1. The van der Waals surface area contributed by atoms with Gasteiger partial charge in [0.2, 0.25) is 0 Å². The van der Waals surface area contributed by atoms with Crippen LogP contribution >= 0.6 is 34.8 Å². The minimum atomic E-state index is -0.392. The smallest absolute Gasteiger partial charge is 0.161 e. The summed E-state index contributed by atoms with van der Waals surface area (Å²) in [6, 6.07) is 11.1. The predicted molar refractivity (Wildman–Crippen MR) is 81.6 cm³/mol. The summed E-state index contributed by atoms with van der Waals surface area (Å²) in [4.78, 5) is 0. The SMILES string of the molecule is Clc1cccc(C(Cl)c2ccc3c(c2)OCCO3)c1Cl. The molecule has 20 heavy (non-hydrogen) atoms. The maximum Gasteiger partial charge on any atom is 0.161 e. The number of ether oxygens (including phenoxy) is 2. The molecule has 0 radical (unpaired) electrons. The second-order valence-corrected chi connectivity index (χ2v) is 5.63. The highest BCUT2D eigenvalue weighted by Gasteiger charge is 2.19. The van der Waals surface area contributed by atoms with Crippen molar-refractivity contribution in [3.63, 3.8) is 0 Å². The van der Waals surface area contributed by atoms with Gasteiger partial charge >= 0.3 is 0 Å². The first-order valence-electron chi connectivity index (χ1n) is 6.14. The summed E-state index contributed by atoms with van der Waals surface area (Å²) in [5, 5.41) is 0.577. The number of hydrogen-bond acceptors (Lipinski definition) is 2. The zero-order valence-corrected chi connectivity index (χ0v) is 12.7. The summed E-state index contributed by atoms with van der Waals surface area (Å²) in [7, 11) is 0. The highest BCUT2D eigenvalue weighted by Crippen LogP contribution is 2.40. The van der Waals surface area contributed by atoms with E-state index in [1.54, 1.807) is 6.07 Å². The summed E-state index contributed by atoms with van der Waals surface area (Å²) in [6.07, 6.45) is 0. The lowest BCUT2D eigenvalue weighted by Gasteiger charge is -2.20. The van der Waals surface area contributed by atoms with E-state index in [1.165, 1.54) is 0 Å². The molecule has 0 spiro atoms. The molecule has 2 nitrogen and oxygen atoms in total. The molecule has 2 aromatic carbocycles. The lowest BCUT2D eigenvalue weighted by atomic mass is 10.0. The first-order chi connectivity index (χ1) is 9.66. The van der Waals surface area contributed by atoms with Gasteiger partial charge in [0.15, 0.2) is 11.5 Å². The Morgan fingerprint density at radius 2 is 1.70 bits per heavy atom. The molecule has 5 heteroatoms. The fourth-order valence-corrected chi connectivity index (χ4v) is 2.90. The van der Waals surface area contributed by atoms with Crippen molar-refractivity contribution in [2.75, 3.05) is 13.2 Å². The van der Waals surface area contributed by atoms with Crippen LogP contribution in [0, 0.1) is 0 Å². The number of halogens is 3. The maximum atomic E-state index is 6.51. The van der Waals surface area contributed by atoms with Crippen LogP contribution in [-0.2, 0) is 0 Å². The van der Waals surface area contributed by atoms with Crippen LogP contribution in [0.15, 0.2) is 36.4 Å². The second kappa shape index (κ2) is 5.72. The number of alkyl halides is 1. The fourth-order valence-electron chi connectivity index (χ4n) is 2.11. The molecule has 1 unspecified atom stereocenters. The third-order valence-electron chi connectivity index (χ3n) is 3.11. The molecule has 0 aliphatic carbocycles. The van der Waals surface area contributed by atoms with E-state index < -0.39 is 5.38 Å². The van der Waals surface area contributed by atoms with Crippen LogP contribution in [0.3, 0.4) is 0 Å². The molecule has 1 aliphatic rings. The molecule has 1 atom stereocenters. The van der Waals surface area contributed by atoms with Crippen molar-refractivity contribution in [2.24, 2.45) is 0 Å². The summed E-state index contributed by atoms with van der Waals surface area (Å²) in [6.45, 7) is 1.11. The molecule has 0 fully saturated rings. The van der Waals surface area contributed by atoms with E-state index in [9.17, 15) is 0 Å². The monoisotopic (exact) mass is 328 g/mol. The van der Waals surface area contributed by atoms with Crippen LogP contribution in [0.4, 0.5) is 0 Å². The molecule has 0 bridgehead atoms. The Labute approximate surface area is 132 Å². The topological polar surface area (TPSA) is 18.5 Å². The minimum Gasteiger partial charge on any atom is -0.486 e. The lowest BCUT2D eigenvalue weighted by Crippen LogP contribution is -2.15. The van der Waals surface area contributed by atoms with E-state index in [1.807, 2.05) is 30.3 Å². The molecule has 0 amide bonds. The molecule has 2 aromatic rings. The standard InChI is InChI=1S/C15H11Cl3O2/c16-11-3-1-2-10(15(11)18)14(17)9-4-5-12-13(8-9)20-7-6-19-12/h1-5,8,14H,6-7H2. The highest BCUT2D eigenvalue weighted by molar-refractivity contribution is 6.43. The number of rotatable bonds is 2. The molecular weight excluding hydrogens is 319 g/mol. The van der Waals surface area contributed by atoms with Crippen molar-refractivity contribution < 1.29 is 9.47 Å². The zero-order valence-electron chi connectivity index (χ0n) is 10.4. The first-order valence-corrected chi connectivity index (χ1v) is 7.33. The van der Waals surface area contributed by atoms with Gasteiger partial charge in [-0.25, -0.2) is 0 Å². The third kappa shape index (κ3) is 2.56. The molecule has 1 aliphatic heterocycles. The second-order valence-electron chi connectivity index (χ2n) is 4.41. The van der Waals surface area contributed by atoms with E-state index in [-0.39, 0.29) is 0 Å².